The van der Waals surface area contributed by atoms with Gasteiger partial charge in [0.15, 0.2) is 0 Å². The molecular weight excluding hydrogens is 487 g/mol. The van der Waals surface area contributed by atoms with Crippen molar-refractivity contribution in [2.45, 2.75) is 0 Å². The van der Waals surface area contributed by atoms with Crippen LogP contribution < -0.4 is 21.1 Å². The molecule has 6 aromatic carbocycles. The molecule has 4 heteroatoms. The van der Waals surface area contributed by atoms with Crippen LogP contribution in [0.3, 0.4) is 0 Å². The normalized spacial score (nSPS) is 13.2. The second kappa shape index (κ2) is 7.25. The molecule has 10 rings (SSSR count). The monoisotopic (exact) mass is 508 g/mol. The first kappa shape index (κ1) is 20.7. The van der Waals surface area contributed by atoms with Crippen molar-refractivity contribution in [1.29, 1.82) is 0 Å². The zero-order valence-electron chi connectivity index (χ0n) is 21.5. The van der Waals surface area contributed by atoms with Gasteiger partial charge in [0.05, 0.1) is 16.6 Å². The van der Waals surface area contributed by atoms with E-state index in [4.69, 9.17) is 4.74 Å². The zero-order valence-corrected chi connectivity index (χ0v) is 21.5. The van der Waals surface area contributed by atoms with Crippen LogP contribution in [0.15, 0.2) is 127 Å². The van der Waals surface area contributed by atoms with E-state index in [1.807, 2.05) is 0 Å². The standard InChI is InChI=1S/C36H21BN2O/c1-4-14-29-23(9-1)24-10-2-5-15-30(24)38(29)22-19-20-27-34(21-22)40-33-18-8-17-32-35(33)37(27)28-13-7-12-26-25-11-3-6-16-31(25)39(32)36(26)28/h1-21H. The minimum atomic E-state index is 0.114. The van der Waals surface area contributed by atoms with Crippen molar-refractivity contribution in [3.8, 4) is 22.9 Å². The van der Waals surface area contributed by atoms with Gasteiger partial charge in [-0.2, -0.15) is 0 Å². The van der Waals surface area contributed by atoms with Gasteiger partial charge in [0, 0.05) is 44.5 Å². The Hall–Kier alpha value is -5.22. The smallest absolute Gasteiger partial charge is 0.256 e. The number of para-hydroxylation sites is 4. The van der Waals surface area contributed by atoms with E-state index < -0.39 is 0 Å². The molecule has 0 bridgehead atoms. The highest BCUT2D eigenvalue weighted by Crippen LogP contribution is 2.38. The predicted molar refractivity (Wildman–Crippen MR) is 166 cm³/mol. The van der Waals surface area contributed by atoms with Crippen LogP contribution in [0.2, 0.25) is 0 Å². The number of ether oxygens (including phenoxy) is 1. The summed E-state index contributed by atoms with van der Waals surface area (Å²) in [4.78, 5) is 0. The van der Waals surface area contributed by atoms with Crippen LogP contribution in [0, 0.1) is 0 Å². The van der Waals surface area contributed by atoms with Gasteiger partial charge in [0.2, 0.25) is 0 Å². The average molecular weight is 508 g/mol. The number of aromatic nitrogens is 2. The molecule has 0 aliphatic carbocycles. The lowest BCUT2D eigenvalue weighted by Gasteiger charge is -2.33. The summed E-state index contributed by atoms with van der Waals surface area (Å²) in [6, 6.07) is 46.1. The third kappa shape index (κ3) is 2.43. The number of hydrogen-bond donors (Lipinski definition) is 0. The zero-order chi connectivity index (χ0) is 25.9. The van der Waals surface area contributed by atoms with Crippen molar-refractivity contribution in [3.05, 3.63) is 127 Å². The van der Waals surface area contributed by atoms with E-state index in [2.05, 4.69) is 137 Å². The lowest BCUT2D eigenvalue weighted by molar-refractivity contribution is 0.487. The number of fused-ring (bicyclic) bond motifs is 10. The second-order valence-electron chi connectivity index (χ2n) is 10.9. The van der Waals surface area contributed by atoms with Gasteiger partial charge in [0.1, 0.15) is 11.5 Å². The highest BCUT2D eigenvalue weighted by atomic mass is 16.5. The topological polar surface area (TPSA) is 19.1 Å². The quantitative estimate of drug-likeness (QED) is 0.223. The summed E-state index contributed by atoms with van der Waals surface area (Å²) < 4.78 is 11.6. The summed E-state index contributed by atoms with van der Waals surface area (Å²) in [6.07, 6.45) is 0. The Morgan fingerprint density at radius 1 is 0.475 bits per heavy atom. The van der Waals surface area contributed by atoms with E-state index in [1.165, 1.54) is 65.7 Å². The molecule has 0 saturated heterocycles. The molecule has 40 heavy (non-hydrogen) atoms. The molecule has 8 aromatic rings. The molecule has 2 aliphatic heterocycles. The molecule has 0 unspecified atom stereocenters. The van der Waals surface area contributed by atoms with Crippen LogP contribution in [0.1, 0.15) is 0 Å². The fraction of sp³-hybridized carbons (Fsp3) is 0. The molecule has 184 valence electrons. The maximum absolute atomic E-state index is 6.76. The molecule has 4 heterocycles. The van der Waals surface area contributed by atoms with E-state index in [0.717, 1.165) is 17.2 Å². The first-order valence-corrected chi connectivity index (χ1v) is 13.8. The molecule has 0 atom stereocenters. The molecule has 0 N–H and O–H groups in total. The second-order valence-corrected chi connectivity index (χ2v) is 10.9. The Balaban J connectivity index is 1.27. The Kier molecular flexibility index (Phi) is 3.75. The predicted octanol–water partition coefficient (Wildman–Crippen LogP) is 6.82. The maximum Gasteiger partial charge on any atom is 0.256 e. The fourth-order valence-electron chi connectivity index (χ4n) is 7.42. The third-order valence-electron chi connectivity index (χ3n) is 8.98. The van der Waals surface area contributed by atoms with E-state index >= 15 is 0 Å². The lowest BCUT2D eigenvalue weighted by Crippen LogP contribution is -2.58. The van der Waals surface area contributed by atoms with Crippen molar-refractivity contribution < 1.29 is 4.74 Å². The fourth-order valence-corrected chi connectivity index (χ4v) is 7.42. The van der Waals surface area contributed by atoms with Gasteiger partial charge >= 0.3 is 0 Å². The summed E-state index contributed by atoms with van der Waals surface area (Å²) >= 11 is 0. The molecular formula is C36H21BN2O. The summed E-state index contributed by atoms with van der Waals surface area (Å²) in [6.45, 7) is 0.114. The summed E-state index contributed by atoms with van der Waals surface area (Å²) in [5.74, 6) is 1.87. The van der Waals surface area contributed by atoms with E-state index in [1.54, 1.807) is 0 Å². The van der Waals surface area contributed by atoms with Crippen LogP contribution in [-0.4, -0.2) is 15.8 Å². The van der Waals surface area contributed by atoms with Gasteiger partial charge in [-0.05, 0) is 52.8 Å². The SMILES string of the molecule is c1cc2c3c(c1)-n1c4ccccc4c4cccc(c41)B3c1ccc(-n3c4ccccc4c4ccccc43)cc1O2. The molecule has 0 fully saturated rings. The average Bonchev–Trinajstić information content (AvgIpc) is 3.53. The van der Waals surface area contributed by atoms with Gasteiger partial charge in [0.25, 0.3) is 6.71 Å². The van der Waals surface area contributed by atoms with Gasteiger partial charge in [-0.25, -0.2) is 0 Å². The van der Waals surface area contributed by atoms with Crippen LogP contribution in [-0.2, 0) is 0 Å². The summed E-state index contributed by atoms with van der Waals surface area (Å²) in [7, 11) is 0. The molecule has 2 aromatic heterocycles. The Morgan fingerprint density at radius 2 is 1.10 bits per heavy atom. The van der Waals surface area contributed by atoms with Gasteiger partial charge in [-0.1, -0.05) is 84.9 Å². The van der Waals surface area contributed by atoms with E-state index in [0.29, 0.717) is 0 Å². The highest BCUT2D eigenvalue weighted by molar-refractivity contribution is 6.99. The molecule has 0 saturated carbocycles. The first-order chi connectivity index (χ1) is 19.9. The Morgan fingerprint density at radius 3 is 1.85 bits per heavy atom. The Bertz CT molecular complexity index is 2320. The molecule has 0 radical (unpaired) electrons. The van der Waals surface area contributed by atoms with Crippen LogP contribution >= 0.6 is 0 Å². The van der Waals surface area contributed by atoms with Crippen molar-refractivity contribution in [2.75, 3.05) is 0 Å². The number of benzene rings is 6. The number of rotatable bonds is 1. The molecule has 3 nitrogen and oxygen atoms in total. The minimum absolute atomic E-state index is 0.114. The number of nitrogens with zero attached hydrogens (tertiary/aromatic N) is 2. The van der Waals surface area contributed by atoms with Crippen molar-refractivity contribution in [1.82, 2.24) is 9.13 Å². The highest BCUT2D eigenvalue weighted by Gasteiger charge is 2.40. The maximum atomic E-state index is 6.76. The van der Waals surface area contributed by atoms with E-state index in [-0.39, 0.29) is 6.71 Å². The molecule has 2 aliphatic rings. The van der Waals surface area contributed by atoms with Crippen LogP contribution in [0.5, 0.6) is 11.5 Å². The van der Waals surface area contributed by atoms with Crippen LogP contribution in [0.4, 0.5) is 0 Å². The van der Waals surface area contributed by atoms with Crippen molar-refractivity contribution in [2.24, 2.45) is 0 Å². The van der Waals surface area contributed by atoms with E-state index in [9.17, 15) is 0 Å². The Labute approximate surface area is 230 Å². The van der Waals surface area contributed by atoms with Crippen molar-refractivity contribution >= 4 is 66.7 Å². The minimum Gasteiger partial charge on any atom is -0.458 e. The largest absolute Gasteiger partial charge is 0.458 e. The summed E-state index contributed by atoms with van der Waals surface area (Å²) in [5, 5.41) is 5.12. The van der Waals surface area contributed by atoms with Crippen molar-refractivity contribution in [3.63, 3.8) is 0 Å². The van der Waals surface area contributed by atoms with Gasteiger partial charge in [-0.3, -0.25) is 0 Å². The molecule has 0 spiro atoms. The van der Waals surface area contributed by atoms with Crippen LogP contribution in [0.25, 0.3) is 55.0 Å². The summed E-state index contributed by atoms with van der Waals surface area (Å²) in [5.41, 5.74) is 11.1. The van der Waals surface area contributed by atoms with Gasteiger partial charge in [-0.15, -0.1) is 0 Å². The third-order valence-corrected chi connectivity index (χ3v) is 8.98. The molecule has 0 amide bonds. The first-order valence-electron chi connectivity index (χ1n) is 13.8. The van der Waals surface area contributed by atoms with Gasteiger partial charge < -0.3 is 13.9 Å². The lowest BCUT2D eigenvalue weighted by atomic mass is 9.34. The number of hydrogen-bond acceptors (Lipinski definition) is 1.